The number of ether oxygens (including phenoxy) is 2. The van der Waals surface area contributed by atoms with Crippen LogP contribution in [0.15, 0.2) is 189 Å². The topological polar surface area (TPSA) is 107 Å². The predicted molar refractivity (Wildman–Crippen MR) is 253 cm³/mol. The van der Waals surface area contributed by atoms with Gasteiger partial charge in [-0.1, -0.05) is 48.0 Å². The van der Waals surface area contributed by atoms with Gasteiger partial charge in [-0.2, -0.15) is 28.4 Å². The molecule has 13 rings (SSSR count). The first-order valence-electron chi connectivity index (χ1n) is 21.2. The fourth-order valence-electron chi connectivity index (χ4n) is 8.26. The Morgan fingerprint density at radius 3 is 1.65 bits per heavy atom. The van der Waals surface area contributed by atoms with E-state index in [4.69, 9.17) is 14.5 Å². The maximum atomic E-state index is 6.18. The maximum Gasteiger partial charge on any atom is 2.00 e. The zero-order valence-electron chi connectivity index (χ0n) is 35.8. The number of hydrogen-bond acceptors (Lipinski definition) is 7. The van der Waals surface area contributed by atoms with Gasteiger partial charge in [-0.3, -0.25) is 13.9 Å². The average Bonchev–Trinajstić information content (AvgIpc) is 4.22. The molecule has 13 aromatic rings. The molecule has 0 fully saturated rings. The summed E-state index contributed by atoms with van der Waals surface area (Å²) in [6.07, 6.45) is 10.8. The largest absolute Gasteiger partial charge is 2.00 e. The molecule has 12 nitrogen and oxygen atoms in total. The maximum absolute atomic E-state index is 6.18. The van der Waals surface area contributed by atoms with Crippen molar-refractivity contribution in [1.29, 1.82) is 0 Å². The van der Waals surface area contributed by atoms with E-state index in [1.807, 2.05) is 132 Å². The van der Waals surface area contributed by atoms with E-state index in [-0.39, 0.29) is 42.1 Å². The third-order valence-electron chi connectivity index (χ3n) is 11.2. The van der Waals surface area contributed by atoms with Crippen LogP contribution in [-0.2, 0) is 42.1 Å². The standard InChI is InChI=1S/C28H18N6O.C26H16N4O.2Pt/c1-19-7-4-10-24-27(19)31-28-33(24)23-13-12-22(18-25(23)34(28)26-11-2-3-14-29-26)35-21-9-5-8-20(17-21)32-16-6-15-30-32;1-2-10-24-22(9-1)23-13-12-21(18-25(23)30(24)26-11-3-4-14-27-26)31-20-8-5-7-19(17-20)29-16-6-15-28-29;;/h2-16H,1H3;1-16H;;/q2*-2;2*+2. The molecular weight excluding hydrogens is 1210 g/mol. The molecule has 14 heteroatoms. The van der Waals surface area contributed by atoms with Gasteiger partial charge < -0.3 is 18.4 Å². The number of aryl methyl sites for hydroxylation is 1. The molecule has 0 atom stereocenters. The van der Waals surface area contributed by atoms with Gasteiger partial charge in [0, 0.05) is 65.7 Å². The SMILES string of the molecule is Cc1cccc2c1nc1n(-c3ccccn3)c3[c-]c(Oc4[c-]c(-n5cccn5)ccc4)ccc3n21.[Pt+2].[Pt+2].[c-]1c(Oc2[c-]c3c(cc2)c2ccccc2n3-c2ccccn2)cccc1-n1cccn1. The van der Waals surface area contributed by atoms with Crippen molar-refractivity contribution in [3.63, 3.8) is 0 Å². The fraction of sp³-hybridized carbons (Fsp3) is 0.0185. The molecule has 0 radical (unpaired) electrons. The quantitative estimate of drug-likeness (QED) is 0.140. The number of benzene rings is 6. The molecule has 0 bridgehead atoms. The third kappa shape index (κ3) is 8.08. The van der Waals surface area contributed by atoms with Crippen molar-refractivity contribution < 1.29 is 51.6 Å². The number of pyridine rings is 2. The molecule has 7 aromatic heterocycles. The van der Waals surface area contributed by atoms with Crippen LogP contribution in [0.5, 0.6) is 23.0 Å². The molecule has 0 N–H and O–H groups in total. The second-order valence-corrected chi connectivity index (χ2v) is 15.3. The van der Waals surface area contributed by atoms with Crippen LogP contribution in [-0.4, -0.2) is 48.0 Å². The van der Waals surface area contributed by atoms with Crippen molar-refractivity contribution in [1.82, 2.24) is 48.0 Å². The Morgan fingerprint density at radius 2 is 1.01 bits per heavy atom. The summed E-state index contributed by atoms with van der Waals surface area (Å²) in [6.45, 7) is 2.08. The third-order valence-corrected chi connectivity index (χ3v) is 11.2. The molecular formula is C54H34N10O2Pt2. The van der Waals surface area contributed by atoms with Gasteiger partial charge in [0.05, 0.1) is 11.0 Å². The van der Waals surface area contributed by atoms with E-state index >= 15 is 0 Å². The van der Waals surface area contributed by atoms with Gasteiger partial charge >= 0.3 is 42.1 Å². The zero-order valence-corrected chi connectivity index (χ0v) is 40.4. The van der Waals surface area contributed by atoms with E-state index in [1.54, 1.807) is 34.2 Å². The molecule has 332 valence electrons. The number of hydrogen-bond donors (Lipinski definition) is 0. The van der Waals surface area contributed by atoms with Gasteiger partial charge in [-0.25, -0.2) is 15.0 Å². The first-order chi connectivity index (χ1) is 32.6. The Balaban J connectivity index is 0.000000155. The van der Waals surface area contributed by atoms with Crippen LogP contribution in [0.2, 0.25) is 0 Å². The van der Waals surface area contributed by atoms with Gasteiger partial charge in [0.25, 0.3) is 0 Å². The Hall–Kier alpha value is -7.91. The molecule has 0 saturated heterocycles. The van der Waals surface area contributed by atoms with Gasteiger partial charge in [-0.15, -0.1) is 72.1 Å². The summed E-state index contributed by atoms with van der Waals surface area (Å²) in [7, 11) is 0. The number of fused-ring (bicyclic) bond motifs is 8. The predicted octanol–water partition coefficient (Wildman–Crippen LogP) is 11.5. The molecule has 0 aliphatic heterocycles. The fourth-order valence-corrected chi connectivity index (χ4v) is 8.26. The summed E-state index contributed by atoms with van der Waals surface area (Å²) in [5.41, 5.74) is 8.55. The molecule has 6 aromatic carbocycles. The van der Waals surface area contributed by atoms with Crippen LogP contribution in [0.25, 0.3) is 72.7 Å². The summed E-state index contributed by atoms with van der Waals surface area (Å²) in [6, 6.07) is 62.8. The monoisotopic (exact) mass is 1240 g/mol. The smallest absolute Gasteiger partial charge is 0.509 e. The average molecular weight is 1250 g/mol. The molecule has 0 aliphatic rings. The zero-order chi connectivity index (χ0) is 44.0. The van der Waals surface area contributed by atoms with Gasteiger partial charge in [0.15, 0.2) is 0 Å². The molecule has 0 spiro atoms. The van der Waals surface area contributed by atoms with Gasteiger partial charge in [0.2, 0.25) is 5.78 Å². The first-order valence-corrected chi connectivity index (χ1v) is 21.2. The van der Waals surface area contributed by atoms with Crippen molar-refractivity contribution >= 4 is 49.7 Å². The first kappa shape index (κ1) is 44.0. The second kappa shape index (κ2) is 18.8. The Labute approximate surface area is 418 Å². The van der Waals surface area contributed by atoms with Gasteiger partial charge in [0.1, 0.15) is 11.6 Å². The normalized spacial score (nSPS) is 11.1. The molecule has 0 saturated carbocycles. The van der Waals surface area contributed by atoms with Crippen LogP contribution >= 0.6 is 0 Å². The van der Waals surface area contributed by atoms with Crippen LogP contribution in [0.3, 0.4) is 0 Å². The van der Waals surface area contributed by atoms with Crippen molar-refractivity contribution in [3.05, 3.63) is 219 Å². The Kier molecular flexibility index (Phi) is 12.1. The minimum atomic E-state index is 0. The summed E-state index contributed by atoms with van der Waals surface area (Å²) in [5, 5.41) is 10.8. The van der Waals surface area contributed by atoms with Crippen LogP contribution < -0.4 is 9.47 Å². The van der Waals surface area contributed by atoms with Crippen LogP contribution in [0.4, 0.5) is 0 Å². The summed E-state index contributed by atoms with van der Waals surface area (Å²) >= 11 is 0. The van der Waals surface area contributed by atoms with Crippen LogP contribution in [0, 0.1) is 31.2 Å². The van der Waals surface area contributed by atoms with E-state index in [0.29, 0.717) is 23.0 Å². The van der Waals surface area contributed by atoms with E-state index in [0.717, 1.165) is 78.2 Å². The summed E-state index contributed by atoms with van der Waals surface area (Å²) < 4.78 is 22.1. The van der Waals surface area contributed by atoms with E-state index < -0.39 is 0 Å². The molecule has 0 amide bonds. The van der Waals surface area contributed by atoms with Crippen molar-refractivity contribution in [2.45, 2.75) is 6.92 Å². The second-order valence-electron chi connectivity index (χ2n) is 15.3. The minimum Gasteiger partial charge on any atom is -0.509 e. The molecule has 68 heavy (non-hydrogen) atoms. The summed E-state index contributed by atoms with van der Waals surface area (Å²) in [5.74, 6) is 4.75. The van der Waals surface area contributed by atoms with E-state index in [9.17, 15) is 0 Å². The number of aromatic nitrogens is 10. The van der Waals surface area contributed by atoms with E-state index in [2.05, 4.69) is 96.7 Å². The van der Waals surface area contributed by atoms with Crippen molar-refractivity contribution in [3.8, 4) is 46.0 Å². The van der Waals surface area contributed by atoms with Crippen molar-refractivity contribution in [2.75, 3.05) is 0 Å². The molecule has 7 heterocycles. The van der Waals surface area contributed by atoms with E-state index in [1.165, 1.54) is 0 Å². The van der Waals surface area contributed by atoms with Crippen LogP contribution in [0.1, 0.15) is 5.56 Å². The molecule has 0 unspecified atom stereocenters. The summed E-state index contributed by atoms with van der Waals surface area (Å²) in [4.78, 5) is 14.2. The Bertz CT molecular complexity index is 3850. The molecule has 0 aliphatic carbocycles. The number of para-hydroxylation sites is 2. The number of imidazole rings is 2. The number of rotatable bonds is 8. The van der Waals surface area contributed by atoms with Gasteiger partial charge in [-0.05, 0) is 88.8 Å². The Morgan fingerprint density at radius 1 is 0.441 bits per heavy atom. The number of nitrogens with zero attached hydrogens (tertiary/aromatic N) is 10. The minimum absolute atomic E-state index is 0. The van der Waals surface area contributed by atoms with Crippen molar-refractivity contribution in [2.24, 2.45) is 0 Å².